The Bertz CT molecular complexity index is 1080. The molecule has 42 heavy (non-hydrogen) atoms. The zero-order chi connectivity index (χ0) is 31.4. The Kier molecular flexibility index (Phi) is 13.2. The van der Waals surface area contributed by atoms with Crippen LogP contribution in [0.1, 0.15) is 49.9 Å². The molecule has 0 aliphatic carbocycles. The van der Waals surface area contributed by atoms with Crippen molar-refractivity contribution < 1.29 is 59.4 Å². The van der Waals surface area contributed by atoms with Crippen molar-refractivity contribution in [2.45, 2.75) is 69.7 Å². The molecule has 3 atom stereocenters. The summed E-state index contributed by atoms with van der Waals surface area (Å²) in [5.41, 5.74) is 0.804. The number of carboxylic acids is 6. The van der Waals surface area contributed by atoms with Gasteiger partial charge in [-0.05, 0) is 31.4 Å². The van der Waals surface area contributed by atoms with E-state index >= 15 is 0 Å². The zero-order valence-electron chi connectivity index (χ0n) is 22.9. The summed E-state index contributed by atoms with van der Waals surface area (Å²) in [6, 6.07) is 1.08. The Hall–Kier alpha value is -4.15. The number of aromatic nitrogens is 1. The van der Waals surface area contributed by atoms with Crippen LogP contribution in [0.15, 0.2) is 18.2 Å². The van der Waals surface area contributed by atoms with Crippen molar-refractivity contribution in [1.29, 1.82) is 0 Å². The van der Waals surface area contributed by atoms with Crippen LogP contribution < -0.4 is 0 Å². The van der Waals surface area contributed by atoms with Crippen molar-refractivity contribution in [2.75, 3.05) is 26.2 Å². The van der Waals surface area contributed by atoms with E-state index in [1.807, 2.05) is 0 Å². The van der Waals surface area contributed by atoms with Gasteiger partial charge in [0, 0.05) is 58.5 Å². The highest BCUT2D eigenvalue weighted by molar-refractivity contribution is 5.76. The molecule has 0 radical (unpaired) electrons. The van der Waals surface area contributed by atoms with Gasteiger partial charge in [0.1, 0.15) is 18.1 Å². The van der Waals surface area contributed by atoms with E-state index in [0.29, 0.717) is 11.4 Å². The Labute approximate surface area is 240 Å². The van der Waals surface area contributed by atoms with E-state index in [1.165, 1.54) is 14.7 Å². The third-order valence-electron chi connectivity index (χ3n) is 7.02. The average molecular weight is 597 g/mol. The predicted molar refractivity (Wildman–Crippen MR) is 142 cm³/mol. The van der Waals surface area contributed by atoms with Crippen molar-refractivity contribution in [2.24, 2.45) is 0 Å². The van der Waals surface area contributed by atoms with Gasteiger partial charge in [-0.3, -0.25) is 48.5 Å². The molecule has 1 aliphatic rings. The third-order valence-corrected chi connectivity index (χ3v) is 7.02. The van der Waals surface area contributed by atoms with Gasteiger partial charge >= 0.3 is 35.8 Å². The molecule has 1 aromatic rings. The van der Waals surface area contributed by atoms with Gasteiger partial charge in [-0.2, -0.15) is 0 Å². The molecule has 2 rings (SSSR count). The van der Waals surface area contributed by atoms with Gasteiger partial charge < -0.3 is 30.6 Å². The zero-order valence-corrected chi connectivity index (χ0v) is 22.9. The molecule has 0 amide bonds. The van der Waals surface area contributed by atoms with Crippen molar-refractivity contribution in [1.82, 2.24) is 19.7 Å². The average Bonchev–Trinajstić information content (AvgIpc) is 2.87. The second-order valence-electron chi connectivity index (χ2n) is 9.96. The fourth-order valence-corrected chi connectivity index (χ4v) is 4.92. The number of pyridine rings is 1. The van der Waals surface area contributed by atoms with E-state index in [-0.39, 0.29) is 58.5 Å². The normalized spacial score (nSPS) is 17.6. The minimum Gasteiger partial charge on any atom is -0.481 e. The second kappa shape index (κ2) is 16.3. The van der Waals surface area contributed by atoms with E-state index in [0.717, 1.165) is 0 Å². The lowest BCUT2D eigenvalue weighted by Crippen LogP contribution is -2.52. The maximum absolute atomic E-state index is 12.2. The summed E-state index contributed by atoms with van der Waals surface area (Å²) in [6.45, 7) is -0.359. The quantitative estimate of drug-likeness (QED) is 0.155. The molecule has 2 heterocycles. The van der Waals surface area contributed by atoms with Gasteiger partial charge in [0.25, 0.3) is 0 Å². The van der Waals surface area contributed by atoms with Crippen LogP contribution in [0, 0.1) is 0 Å². The van der Waals surface area contributed by atoms with Crippen LogP contribution >= 0.6 is 0 Å². The van der Waals surface area contributed by atoms with Crippen LogP contribution in [0.5, 0.6) is 0 Å². The first kappa shape index (κ1) is 34.1. The molecule has 2 bridgehead atoms. The first-order valence-corrected chi connectivity index (χ1v) is 13.3. The van der Waals surface area contributed by atoms with Gasteiger partial charge in [-0.15, -0.1) is 0 Å². The van der Waals surface area contributed by atoms with Gasteiger partial charge in [-0.1, -0.05) is 6.07 Å². The van der Waals surface area contributed by atoms with E-state index in [4.69, 9.17) is 15.3 Å². The van der Waals surface area contributed by atoms with Gasteiger partial charge in [0.05, 0.1) is 11.4 Å². The fourth-order valence-electron chi connectivity index (χ4n) is 4.92. The summed E-state index contributed by atoms with van der Waals surface area (Å²) in [4.78, 5) is 79.1. The fraction of sp³-hybridized carbons (Fsp3) is 0.577. The lowest BCUT2D eigenvalue weighted by Gasteiger charge is -2.36. The molecule has 0 spiro atoms. The number of aliphatic carboxylic acids is 6. The van der Waals surface area contributed by atoms with Crippen molar-refractivity contribution in [3.05, 3.63) is 29.6 Å². The number of rotatable bonds is 15. The van der Waals surface area contributed by atoms with Gasteiger partial charge in [-0.25, -0.2) is 0 Å². The molecular formula is C26H36N4O12. The highest BCUT2D eigenvalue weighted by Gasteiger charge is 2.33. The summed E-state index contributed by atoms with van der Waals surface area (Å²) in [6.07, 6.45) is -2.07. The predicted octanol–water partition coefficient (Wildman–Crippen LogP) is -0.0448. The number of fused-ring (bicyclic) bond motifs is 2. The van der Waals surface area contributed by atoms with Crippen LogP contribution in [0.2, 0.25) is 0 Å². The molecule has 16 nitrogen and oxygen atoms in total. The molecule has 16 heteroatoms. The maximum atomic E-state index is 12.2. The van der Waals surface area contributed by atoms with E-state index in [9.17, 15) is 44.1 Å². The number of carboxylic acid groups (broad SMARTS) is 6. The summed E-state index contributed by atoms with van der Waals surface area (Å²) >= 11 is 0. The molecule has 0 aromatic carbocycles. The van der Waals surface area contributed by atoms with Crippen LogP contribution in [0.25, 0.3) is 0 Å². The van der Waals surface area contributed by atoms with Crippen molar-refractivity contribution >= 4 is 35.8 Å². The summed E-state index contributed by atoms with van der Waals surface area (Å²) in [5.74, 6) is -7.47. The molecule has 232 valence electrons. The minimum atomic E-state index is -1.32. The maximum Gasteiger partial charge on any atom is 0.320 e. The molecule has 3 unspecified atom stereocenters. The molecule has 6 N–H and O–H groups in total. The Morgan fingerprint density at radius 2 is 0.881 bits per heavy atom. The van der Waals surface area contributed by atoms with Crippen LogP contribution in [0.4, 0.5) is 0 Å². The second-order valence-corrected chi connectivity index (χ2v) is 9.96. The highest BCUT2D eigenvalue weighted by atomic mass is 16.4. The number of hydrogen-bond acceptors (Lipinski definition) is 10. The SMILES string of the molecule is O=C(O)CCC(C(=O)O)N1CCN(C(CCC(=O)O)C(=O)O)Cc2cccc(n2)CN(C(CCC(=O)O)C(=O)O)CC1. The largest absolute Gasteiger partial charge is 0.481 e. The summed E-state index contributed by atoms with van der Waals surface area (Å²) < 4.78 is 0. The monoisotopic (exact) mass is 596 g/mol. The lowest BCUT2D eigenvalue weighted by atomic mass is 10.1. The first-order valence-electron chi connectivity index (χ1n) is 13.3. The number of hydrogen-bond donors (Lipinski definition) is 6. The summed E-state index contributed by atoms with van der Waals surface area (Å²) in [7, 11) is 0. The van der Waals surface area contributed by atoms with Crippen LogP contribution in [-0.2, 0) is 41.9 Å². The molecular weight excluding hydrogens is 560 g/mol. The molecule has 0 fully saturated rings. The van der Waals surface area contributed by atoms with Crippen molar-refractivity contribution in [3.8, 4) is 0 Å². The third kappa shape index (κ3) is 11.0. The first-order chi connectivity index (χ1) is 19.8. The minimum absolute atomic E-state index is 0.0491. The molecule has 0 saturated heterocycles. The Morgan fingerprint density at radius 3 is 1.19 bits per heavy atom. The van der Waals surface area contributed by atoms with Gasteiger partial charge in [0.2, 0.25) is 0 Å². The standard InChI is InChI=1S/C26H36N4O12/c31-21(32)7-4-18(24(37)38)28-10-12-29(19(25(39)40)5-8-22(33)34)14-16-2-1-3-17(27-16)15-30(13-11-28)20(26(41)42)6-9-23(35)36/h1-3,18-20H,4-15H2,(H,31,32)(H,33,34)(H,35,36)(H,37,38)(H,39,40)(H,41,42). The molecule has 1 aliphatic heterocycles. The molecule has 1 aromatic heterocycles. The van der Waals surface area contributed by atoms with Crippen LogP contribution in [0.3, 0.4) is 0 Å². The van der Waals surface area contributed by atoms with Gasteiger partial charge in [0.15, 0.2) is 0 Å². The van der Waals surface area contributed by atoms with E-state index in [2.05, 4.69) is 4.98 Å². The van der Waals surface area contributed by atoms with E-state index in [1.54, 1.807) is 18.2 Å². The Balaban J connectivity index is 2.55. The number of nitrogens with zero attached hydrogens (tertiary/aromatic N) is 4. The van der Waals surface area contributed by atoms with Crippen LogP contribution in [-0.4, -0.2) is 130 Å². The lowest BCUT2D eigenvalue weighted by molar-refractivity contribution is -0.148. The van der Waals surface area contributed by atoms with E-state index < -0.39 is 73.2 Å². The summed E-state index contributed by atoms with van der Waals surface area (Å²) in [5, 5.41) is 57.2. The smallest absolute Gasteiger partial charge is 0.320 e. The van der Waals surface area contributed by atoms with Crippen molar-refractivity contribution in [3.63, 3.8) is 0 Å². The topological polar surface area (TPSA) is 246 Å². The molecule has 0 saturated carbocycles. The Morgan fingerprint density at radius 1 is 0.571 bits per heavy atom. The highest BCUT2D eigenvalue weighted by Crippen LogP contribution is 2.19. The number of carbonyl (C=O) groups is 6.